The van der Waals surface area contributed by atoms with Crippen molar-refractivity contribution in [2.24, 2.45) is 5.73 Å². The van der Waals surface area contributed by atoms with Crippen LogP contribution in [0.15, 0.2) is 42.5 Å². The SMILES string of the molecule is N#Cc1ccc(N2CC(COc3ccc(NC(=O)CN)cc3)OC2C(F)(F)F)cc1C(F)(F)F. The maximum absolute atomic E-state index is 13.6. The second kappa shape index (κ2) is 9.78. The number of hydrogen-bond donors (Lipinski definition) is 2. The highest BCUT2D eigenvalue weighted by atomic mass is 19.4. The summed E-state index contributed by atoms with van der Waals surface area (Å²) in [5.74, 6) is -0.142. The molecule has 1 saturated heterocycles. The topological polar surface area (TPSA) is 101 Å². The van der Waals surface area contributed by atoms with Crippen LogP contribution in [0, 0.1) is 11.3 Å². The Kier molecular flexibility index (Phi) is 7.23. The highest BCUT2D eigenvalue weighted by Crippen LogP contribution is 2.39. The minimum Gasteiger partial charge on any atom is -0.491 e. The lowest BCUT2D eigenvalue weighted by atomic mass is 10.1. The Hall–Kier alpha value is -3.50. The highest BCUT2D eigenvalue weighted by molar-refractivity contribution is 5.92. The van der Waals surface area contributed by atoms with Crippen LogP contribution >= 0.6 is 0 Å². The first-order chi connectivity index (χ1) is 15.9. The number of halogens is 6. The summed E-state index contributed by atoms with van der Waals surface area (Å²) in [5, 5.41) is 11.4. The molecule has 1 aliphatic rings. The number of rotatable bonds is 6. The molecule has 0 saturated carbocycles. The van der Waals surface area contributed by atoms with Crippen LogP contribution in [0.1, 0.15) is 11.1 Å². The van der Waals surface area contributed by atoms with Crippen LogP contribution in [0.25, 0.3) is 0 Å². The molecule has 1 aliphatic heterocycles. The lowest BCUT2D eigenvalue weighted by Gasteiger charge is -2.27. The Morgan fingerprint density at radius 3 is 2.41 bits per heavy atom. The number of nitrogens with two attached hydrogens (primary N) is 1. The van der Waals surface area contributed by atoms with Gasteiger partial charge in [-0.2, -0.15) is 31.6 Å². The van der Waals surface area contributed by atoms with Crippen molar-refractivity contribution in [2.75, 3.05) is 29.9 Å². The highest BCUT2D eigenvalue weighted by Gasteiger charge is 2.51. The lowest BCUT2D eigenvalue weighted by Crippen LogP contribution is -2.42. The van der Waals surface area contributed by atoms with Crippen molar-refractivity contribution in [1.29, 1.82) is 5.26 Å². The van der Waals surface area contributed by atoms with Gasteiger partial charge in [-0.3, -0.25) is 4.79 Å². The van der Waals surface area contributed by atoms with Gasteiger partial charge < -0.3 is 25.4 Å². The molecular formula is C21H18F6N4O3. The molecule has 0 aromatic heterocycles. The molecule has 2 aromatic rings. The molecule has 0 spiro atoms. The van der Waals surface area contributed by atoms with Crippen LogP contribution < -0.4 is 20.7 Å². The molecule has 182 valence electrons. The van der Waals surface area contributed by atoms with E-state index < -0.39 is 54.0 Å². The first-order valence-corrected chi connectivity index (χ1v) is 9.75. The van der Waals surface area contributed by atoms with Gasteiger partial charge in [0, 0.05) is 11.4 Å². The van der Waals surface area contributed by atoms with E-state index in [1.54, 1.807) is 0 Å². The fourth-order valence-corrected chi connectivity index (χ4v) is 3.28. The molecule has 3 N–H and O–H groups in total. The standard InChI is InChI=1S/C21H18F6N4O3/c22-20(23,24)17-7-14(4-1-12(17)8-28)31-10-16(34-19(31)21(25,26)27)11-33-15-5-2-13(3-6-15)30-18(32)9-29/h1-7,16,19H,9-11,29H2,(H,30,32). The van der Waals surface area contributed by atoms with E-state index in [0.29, 0.717) is 16.7 Å². The molecule has 3 rings (SSSR count). The van der Waals surface area contributed by atoms with Crippen molar-refractivity contribution < 1.29 is 40.6 Å². The number of hydrogen-bond acceptors (Lipinski definition) is 6. The zero-order chi connectivity index (χ0) is 25.1. The molecule has 34 heavy (non-hydrogen) atoms. The van der Waals surface area contributed by atoms with Crippen molar-refractivity contribution in [3.8, 4) is 11.8 Å². The van der Waals surface area contributed by atoms with Gasteiger partial charge in [-0.25, -0.2) is 0 Å². The van der Waals surface area contributed by atoms with Crippen LogP contribution in [0.4, 0.5) is 37.7 Å². The van der Waals surface area contributed by atoms with Crippen LogP contribution in [0.2, 0.25) is 0 Å². The van der Waals surface area contributed by atoms with Gasteiger partial charge >= 0.3 is 12.4 Å². The second-order valence-corrected chi connectivity index (χ2v) is 7.23. The third kappa shape index (κ3) is 5.89. The van der Waals surface area contributed by atoms with Gasteiger partial charge in [0.05, 0.1) is 30.3 Å². The van der Waals surface area contributed by atoms with Crippen molar-refractivity contribution in [2.45, 2.75) is 24.7 Å². The summed E-state index contributed by atoms with van der Waals surface area (Å²) >= 11 is 0. The average molecular weight is 488 g/mol. The van der Waals surface area contributed by atoms with Gasteiger partial charge in [0.25, 0.3) is 0 Å². The van der Waals surface area contributed by atoms with E-state index in [1.807, 2.05) is 0 Å². The zero-order valence-electron chi connectivity index (χ0n) is 17.3. The third-order valence-corrected chi connectivity index (χ3v) is 4.80. The molecule has 2 aromatic carbocycles. The number of carbonyl (C=O) groups is 1. The van der Waals surface area contributed by atoms with Gasteiger partial charge in [0.15, 0.2) is 0 Å². The number of amides is 1. The predicted octanol–water partition coefficient (Wildman–Crippen LogP) is 3.65. The Morgan fingerprint density at radius 1 is 1.18 bits per heavy atom. The summed E-state index contributed by atoms with van der Waals surface area (Å²) < 4.78 is 91.0. The van der Waals surface area contributed by atoms with E-state index in [4.69, 9.17) is 20.5 Å². The van der Waals surface area contributed by atoms with E-state index in [1.165, 1.54) is 30.3 Å². The van der Waals surface area contributed by atoms with Crippen molar-refractivity contribution in [1.82, 2.24) is 0 Å². The van der Waals surface area contributed by atoms with Crippen molar-refractivity contribution >= 4 is 17.3 Å². The average Bonchev–Trinajstić information content (AvgIpc) is 3.22. The maximum Gasteiger partial charge on any atom is 0.433 e. The number of anilines is 2. The number of nitrogens with zero attached hydrogens (tertiary/aromatic N) is 2. The monoisotopic (exact) mass is 488 g/mol. The summed E-state index contributed by atoms with van der Waals surface area (Å²) in [4.78, 5) is 11.9. The number of alkyl halides is 6. The molecule has 1 amide bonds. The van der Waals surface area contributed by atoms with E-state index in [2.05, 4.69) is 5.32 Å². The van der Waals surface area contributed by atoms with Crippen molar-refractivity contribution in [3.05, 3.63) is 53.6 Å². The molecular weight excluding hydrogens is 470 g/mol. The van der Waals surface area contributed by atoms with Crippen LogP contribution in [0.5, 0.6) is 5.75 Å². The van der Waals surface area contributed by atoms with E-state index >= 15 is 0 Å². The summed E-state index contributed by atoms with van der Waals surface area (Å²) in [5.41, 5.74) is 3.20. The number of benzene rings is 2. The molecule has 0 aliphatic carbocycles. The molecule has 2 atom stereocenters. The van der Waals surface area contributed by atoms with Gasteiger partial charge in [-0.1, -0.05) is 0 Å². The molecule has 1 heterocycles. The third-order valence-electron chi connectivity index (χ3n) is 4.80. The summed E-state index contributed by atoms with van der Waals surface area (Å²) in [6, 6.07) is 9.64. The normalized spacial score (nSPS) is 18.5. The van der Waals surface area contributed by atoms with Crippen LogP contribution in [0.3, 0.4) is 0 Å². The summed E-state index contributed by atoms with van der Waals surface area (Å²) in [6.45, 7) is -0.935. The molecule has 0 bridgehead atoms. The minimum absolute atomic E-state index is 0.210. The summed E-state index contributed by atoms with van der Waals surface area (Å²) in [7, 11) is 0. The first-order valence-electron chi connectivity index (χ1n) is 9.75. The number of carbonyl (C=O) groups excluding carboxylic acids is 1. The Bertz CT molecular complexity index is 1070. The smallest absolute Gasteiger partial charge is 0.433 e. The second-order valence-electron chi connectivity index (χ2n) is 7.23. The zero-order valence-corrected chi connectivity index (χ0v) is 17.3. The van der Waals surface area contributed by atoms with Crippen LogP contribution in [-0.2, 0) is 15.7 Å². The largest absolute Gasteiger partial charge is 0.491 e. The molecule has 1 fully saturated rings. The van der Waals surface area contributed by atoms with Crippen molar-refractivity contribution in [3.63, 3.8) is 0 Å². The fourth-order valence-electron chi connectivity index (χ4n) is 3.28. The quantitative estimate of drug-likeness (QED) is 0.603. The maximum atomic E-state index is 13.6. The Labute approximate surface area is 189 Å². The fraction of sp³-hybridized carbons (Fsp3) is 0.333. The van der Waals surface area contributed by atoms with Crippen LogP contribution in [-0.4, -0.2) is 44.1 Å². The van der Waals surface area contributed by atoms with E-state index in [0.717, 1.165) is 12.1 Å². The van der Waals surface area contributed by atoms with E-state index in [9.17, 15) is 31.1 Å². The Balaban J connectivity index is 1.75. The molecule has 7 nitrogen and oxygen atoms in total. The minimum atomic E-state index is -4.92. The number of nitrogens with one attached hydrogen (secondary N) is 1. The Morgan fingerprint density at radius 2 is 1.85 bits per heavy atom. The number of nitriles is 1. The molecule has 2 unspecified atom stereocenters. The summed E-state index contributed by atoms with van der Waals surface area (Å²) in [6.07, 6.45) is -13.4. The first kappa shape index (κ1) is 25.1. The van der Waals surface area contributed by atoms with Gasteiger partial charge in [-0.15, -0.1) is 0 Å². The number of ether oxygens (including phenoxy) is 2. The van der Waals surface area contributed by atoms with E-state index in [-0.39, 0.29) is 18.9 Å². The lowest BCUT2D eigenvalue weighted by molar-refractivity contribution is -0.215. The predicted molar refractivity (Wildman–Crippen MR) is 108 cm³/mol. The molecule has 13 heteroatoms. The van der Waals surface area contributed by atoms with Gasteiger partial charge in [-0.05, 0) is 42.5 Å². The molecule has 0 radical (unpaired) electrons. The van der Waals surface area contributed by atoms with Gasteiger partial charge in [0.2, 0.25) is 12.1 Å². The van der Waals surface area contributed by atoms with Gasteiger partial charge in [0.1, 0.15) is 18.5 Å².